The fourth-order valence-corrected chi connectivity index (χ4v) is 5.37. The van der Waals surface area contributed by atoms with Crippen LogP contribution in [0.4, 0.5) is 5.69 Å². The highest BCUT2D eigenvalue weighted by molar-refractivity contribution is 8.00. The third-order valence-corrected chi connectivity index (χ3v) is 7.52. The lowest BCUT2D eigenvalue weighted by Crippen LogP contribution is -2.36. The van der Waals surface area contributed by atoms with Crippen molar-refractivity contribution in [1.29, 1.82) is 0 Å². The molecule has 1 atom stereocenters. The molecular formula is C28H27N5O2S. The van der Waals surface area contributed by atoms with Gasteiger partial charge >= 0.3 is 0 Å². The van der Waals surface area contributed by atoms with E-state index >= 15 is 0 Å². The number of hydrogen-bond acceptors (Lipinski definition) is 5. The van der Waals surface area contributed by atoms with Crippen molar-refractivity contribution in [1.82, 2.24) is 19.2 Å². The zero-order valence-corrected chi connectivity index (χ0v) is 21.5. The van der Waals surface area contributed by atoms with E-state index in [2.05, 4.69) is 10.2 Å². The minimum Gasteiger partial charge on any atom is -0.312 e. The molecule has 182 valence electrons. The number of fused-ring (bicyclic) bond motifs is 3. The van der Waals surface area contributed by atoms with E-state index in [0.29, 0.717) is 28.4 Å². The summed E-state index contributed by atoms with van der Waals surface area (Å²) in [4.78, 5) is 28.8. The second kappa shape index (κ2) is 9.62. The molecule has 1 amide bonds. The van der Waals surface area contributed by atoms with Gasteiger partial charge in [-0.15, -0.1) is 10.2 Å². The second-order valence-corrected chi connectivity index (χ2v) is 9.98. The van der Waals surface area contributed by atoms with Gasteiger partial charge in [0.15, 0.2) is 5.16 Å². The molecule has 36 heavy (non-hydrogen) atoms. The Morgan fingerprint density at radius 2 is 1.69 bits per heavy atom. The summed E-state index contributed by atoms with van der Waals surface area (Å²) in [5.41, 5.74) is 4.27. The SMILES string of the molecule is CCN(C(=O)C(C)Sc1nnc2n(-c3cccc(C)c3C)c(=O)c3ccccc3n12)c1ccccc1. The van der Waals surface area contributed by atoms with Crippen molar-refractivity contribution in [2.75, 3.05) is 11.4 Å². The Kier molecular flexibility index (Phi) is 6.36. The largest absolute Gasteiger partial charge is 0.312 e. The maximum Gasteiger partial charge on any atom is 0.267 e. The third kappa shape index (κ3) is 3.97. The predicted molar refractivity (Wildman–Crippen MR) is 145 cm³/mol. The molecule has 1 unspecified atom stereocenters. The fraction of sp³-hybridized carbons (Fsp3) is 0.214. The molecule has 3 aromatic carbocycles. The summed E-state index contributed by atoms with van der Waals surface area (Å²) in [6.45, 7) is 8.42. The molecule has 0 saturated heterocycles. The Balaban J connectivity index is 1.64. The minimum absolute atomic E-state index is 0.0161. The van der Waals surface area contributed by atoms with Crippen LogP contribution in [0.1, 0.15) is 25.0 Å². The lowest BCUT2D eigenvalue weighted by molar-refractivity contribution is -0.117. The monoisotopic (exact) mass is 497 g/mol. The molecule has 8 heteroatoms. The number of anilines is 1. The van der Waals surface area contributed by atoms with Gasteiger partial charge < -0.3 is 4.90 Å². The van der Waals surface area contributed by atoms with Crippen LogP contribution in [0, 0.1) is 13.8 Å². The van der Waals surface area contributed by atoms with Crippen LogP contribution >= 0.6 is 11.8 Å². The number of amides is 1. The smallest absolute Gasteiger partial charge is 0.267 e. The number of nitrogens with zero attached hydrogens (tertiary/aromatic N) is 5. The van der Waals surface area contributed by atoms with E-state index in [9.17, 15) is 9.59 Å². The maximum absolute atomic E-state index is 13.6. The van der Waals surface area contributed by atoms with Gasteiger partial charge in [0.05, 0.1) is 21.8 Å². The molecule has 0 radical (unpaired) electrons. The molecule has 0 aliphatic rings. The number of carbonyl (C=O) groups excluding carboxylic acids is 1. The Bertz CT molecular complexity index is 1640. The highest BCUT2D eigenvalue weighted by Gasteiger charge is 2.25. The molecule has 0 fully saturated rings. The first kappa shape index (κ1) is 23.8. The number of thioether (sulfide) groups is 1. The fourth-order valence-electron chi connectivity index (χ4n) is 4.45. The summed E-state index contributed by atoms with van der Waals surface area (Å²) in [6, 6.07) is 23.0. The van der Waals surface area contributed by atoms with E-state index in [1.165, 1.54) is 11.8 Å². The first-order valence-corrected chi connectivity index (χ1v) is 12.8. The average Bonchev–Trinajstić information content (AvgIpc) is 3.31. The molecule has 0 N–H and O–H groups in total. The minimum atomic E-state index is -0.419. The highest BCUT2D eigenvalue weighted by atomic mass is 32.2. The number of carbonyl (C=O) groups is 1. The molecular weight excluding hydrogens is 470 g/mol. The summed E-state index contributed by atoms with van der Waals surface area (Å²) < 4.78 is 3.50. The molecule has 2 heterocycles. The first-order chi connectivity index (χ1) is 17.4. The zero-order chi connectivity index (χ0) is 25.4. The van der Waals surface area contributed by atoms with Crippen LogP contribution in [-0.4, -0.2) is 36.9 Å². The van der Waals surface area contributed by atoms with Crippen LogP contribution in [0.3, 0.4) is 0 Å². The van der Waals surface area contributed by atoms with Crippen LogP contribution in [0.5, 0.6) is 0 Å². The van der Waals surface area contributed by atoms with Gasteiger partial charge in [-0.3, -0.25) is 14.0 Å². The Morgan fingerprint density at radius 1 is 0.972 bits per heavy atom. The van der Waals surface area contributed by atoms with Crippen LogP contribution in [0.25, 0.3) is 22.4 Å². The second-order valence-electron chi connectivity index (χ2n) is 8.67. The summed E-state index contributed by atoms with van der Waals surface area (Å²) >= 11 is 1.34. The van der Waals surface area contributed by atoms with Crippen molar-refractivity contribution < 1.29 is 4.79 Å². The Hall–Kier alpha value is -3.91. The summed E-state index contributed by atoms with van der Waals surface area (Å²) in [7, 11) is 0. The predicted octanol–water partition coefficient (Wildman–Crippen LogP) is 5.18. The van der Waals surface area contributed by atoms with E-state index < -0.39 is 5.25 Å². The van der Waals surface area contributed by atoms with Crippen molar-refractivity contribution in [2.45, 2.75) is 38.1 Å². The topological polar surface area (TPSA) is 72.5 Å². The van der Waals surface area contributed by atoms with E-state index in [1.54, 1.807) is 9.47 Å². The normalized spacial score (nSPS) is 12.2. The molecule has 0 bridgehead atoms. The van der Waals surface area contributed by atoms with Gasteiger partial charge in [-0.05, 0) is 69.2 Å². The van der Waals surface area contributed by atoms with Crippen molar-refractivity contribution in [3.8, 4) is 5.69 Å². The van der Waals surface area contributed by atoms with Crippen LogP contribution < -0.4 is 10.5 Å². The van der Waals surface area contributed by atoms with Gasteiger partial charge in [-0.25, -0.2) is 4.57 Å². The van der Waals surface area contributed by atoms with Gasteiger partial charge in [0.1, 0.15) is 0 Å². The lowest BCUT2D eigenvalue weighted by Gasteiger charge is -2.24. The number of aromatic nitrogens is 4. The van der Waals surface area contributed by atoms with Crippen molar-refractivity contribution in [3.63, 3.8) is 0 Å². The maximum atomic E-state index is 13.6. The summed E-state index contributed by atoms with van der Waals surface area (Å²) in [6.07, 6.45) is 0. The highest BCUT2D eigenvalue weighted by Crippen LogP contribution is 2.29. The van der Waals surface area contributed by atoms with Gasteiger partial charge in [-0.2, -0.15) is 0 Å². The van der Waals surface area contributed by atoms with Gasteiger partial charge in [0.2, 0.25) is 11.7 Å². The first-order valence-electron chi connectivity index (χ1n) is 11.9. The standard InChI is InChI=1S/C28H27N5O2S/c1-5-31(21-13-7-6-8-14-21)25(34)20(4)36-28-30-29-27-32(23-17-11-12-18(2)19(23)3)26(35)22-15-9-10-16-24(22)33(27)28/h6-17,20H,5H2,1-4H3. The van der Waals surface area contributed by atoms with E-state index in [-0.39, 0.29) is 11.5 Å². The lowest BCUT2D eigenvalue weighted by atomic mass is 10.1. The summed E-state index contributed by atoms with van der Waals surface area (Å²) in [5, 5.41) is 9.60. The van der Waals surface area contributed by atoms with Crippen LogP contribution in [0.2, 0.25) is 0 Å². The number of hydrogen-bond donors (Lipinski definition) is 0. The summed E-state index contributed by atoms with van der Waals surface area (Å²) in [5.74, 6) is 0.405. The third-order valence-electron chi connectivity index (χ3n) is 6.49. The van der Waals surface area contributed by atoms with E-state index in [4.69, 9.17) is 0 Å². The molecule has 7 nitrogen and oxygen atoms in total. The van der Waals surface area contributed by atoms with Crippen LogP contribution in [-0.2, 0) is 4.79 Å². The quantitative estimate of drug-likeness (QED) is 0.302. The Morgan fingerprint density at radius 3 is 2.44 bits per heavy atom. The molecule has 0 spiro atoms. The average molecular weight is 498 g/mol. The van der Waals surface area contributed by atoms with Gasteiger partial charge in [0.25, 0.3) is 5.56 Å². The van der Waals surface area contributed by atoms with Crippen molar-refractivity contribution in [2.24, 2.45) is 0 Å². The molecule has 5 rings (SSSR count). The number of aryl methyl sites for hydroxylation is 1. The number of para-hydroxylation sites is 2. The van der Waals surface area contributed by atoms with E-state index in [1.807, 2.05) is 105 Å². The Labute approximate surface area is 213 Å². The van der Waals surface area contributed by atoms with Gasteiger partial charge in [0, 0.05) is 12.2 Å². The molecule has 2 aromatic heterocycles. The molecule has 0 saturated carbocycles. The molecule has 0 aliphatic carbocycles. The van der Waals surface area contributed by atoms with E-state index in [0.717, 1.165) is 22.5 Å². The molecule has 0 aliphatic heterocycles. The van der Waals surface area contributed by atoms with Crippen LogP contribution in [0.15, 0.2) is 82.7 Å². The van der Waals surface area contributed by atoms with Crippen molar-refractivity contribution in [3.05, 3.63) is 94.3 Å². The number of benzene rings is 3. The van der Waals surface area contributed by atoms with Crippen molar-refractivity contribution >= 4 is 40.0 Å². The zero-order valence-electron chi connectivity index (χ0n) is 20.7. The molecule has 5 aromatic rings. The number of rotatable bonds is 6. The van der Waals surface area contributed by atoms with Gasteiger partial charge in [-0.1, -0.05) is 54.2 Å².